The summed E-state index contributed by atoms with van der Waals surface area (Å²) in [6, 6.07) is 0.625. The SMILES string of the molecule is CC.CC(C)c1noc(N2CCC(CO)CC2)n1. The maximum atomic E-state index is 9.05. The fraction of sp³-hybridized carbons (Fsp3) is 0.846. The molecule has 18 heavy (non-hydrogen) atoms. The van der Waals surface area contributed by atoms with E-state index >= 15 is 0 Å². The topological polar surface area (TPSA) is 62.4 Å². The number of nitrogens with zero attached hydrogens (tertiary/aromatic N) is 3. The van der Waals surface area contributed by atoms with Crippen molar-refractivity contribution < 1.29 is 9.63 Å². The third kappa shape index (κ3) is 3.70. The summed E-state index contributed by atoms with van der Waals surface area (Å²) in [5.74, 6) is 1.50. The minimum Gasteiger partial charge on any atom is -0.396 e. The third-order valence-corrected chi connectivity index (χ3v) is 3.09. The van der Waals surface area contributed by atoms with E-state index in [1.165, 1.54) is 0 Å². The Balaban J connectivity index is 0.000000771. The second kappa shape index (κ2) is 7.36. The van der Waals surface area contributed by atoms with Gasteiger partial charge < -0.3 is 14.5 Å². The van der Waals surface area contributed by atoms with E-state index in [1.807, 2.05) is 27.7 Å². The quantitative estimate of drug-likeness (QED) is 0.898. The van der Waals surface area contributed by atoms with Gasteiger partial charge in [0.25, 0.3) is 0 Å². The minimum atomic E-state index is 0.287. The van der Waals surface area contributed by atoms with Crippen molar-refractivity contribution in [1.82, 2.24) is 10.1 Å². The van der Waals surface area contributed by atoms with E-state index in [4.69, 9.17) is 9.63 Å². The summed E-state index contributed by atoms with van der Waals surface area (Å²) in [5.41, 5.74) is 0. The van der Waals surface area contributed by atoms with E-state index in [0.717, 1.165) is 31.8 Å². The van der Waals surface area contributed by atoms with Gasteiger partial charge >= 0.3 is 6.01 Å². The van der Waals surface area contributed by atoms with Crippen LogP contribution >= 0.6 is 0 Å². The van der Waals surface area contributed by atoms with Crippen LogP contribution in [0.15, 0.2) is 4.52 Å². The fourth-order valence-corrected chi connectivity index (χ4v) is 1.90. The molecule has 1 aromatic rings. The first kappa shape index (κ1) is 15.0. The molecular weight excluding hydrogens is 230 g/mol. The average Bonchev–Trinajstić information content (AvgIpc) is 2.91. The molecule has 5 heteroatoms. The molecule has 0 saturated carbocycles. The Morgan fingerprint density at radius 2 is 1.94 bits per heavy atom. The van der Waals surface area contributed by atoms with Gasteiger partial charge in [-0.2, -0.15) is 4.98 Å². The van der Waals surface area contributed by atoms with Crippen molar-refractivity contribution in [2.24, 2.45) is 5.92 Å². The Morgan fingerprint density at radius 3 is 2.39 bits per heavy atom. The number of rotatable bonds is 3. The van der Waals surface area contributed by atoms with Crippen molar-refractivity contribution in [2.75, 3.05) is 24.6 Å². The van der Waals surface area contributed by atoms with Crippen LogP contribution in [0.1, 0.15) is 52.3 Å². The highest BCUT2D eigenvalue weighted by Gasteiger charge is 2.22. The van der Waals surface area contributed by atoms with Crippen LogP contribution in [0.3, 0.4) is 0 Å². The lowest BCUT2D eigenvalue weighted by Gasteiger charge is -2.29. The molecule has 104 valence electrons. The van der Waals surface area contributed by atoms with Crippen LogP contribution in [0.4, 0.5) is 6.01 Å². The van der Waals surface area contributed by atoms with Crippen LogP contribution in [-0.4, -0.2) is 34.9 Å². The zero-order chi connectivity index (χ0) is 13.5. The normalized spacial score (nSPS) is 16.7. The summed E-state index contributed by atoms with van der Waals surface area (Å²) in [6.07, 6.45) is 1.99. The van der Waals surface area contributed by atoms with E-state index in [1.54, 1.807) is 0 Å². The Labute approximate surface area is 109 Å². The summed E-state index contributed by atoms with van der Waals surface area (Å²) in [4.78, 5) is 6.47. The fourth-order valence-electron chi connectivity index (χ4n) is 1.90. The van der Waals surface area contributed by atoms with Gasteiger partial charge in [0, 0.05) is 25.6 Å². The molecule has 0 unspecified atom stereocenters. The number of hydrogen-bond acceptors (Lipinski definition) is 5. The monoisotopic (exact) mass is 255 g/mol. The molecule has 1 saturated heterocycles. The highest BCUT2D eigenvalue weighted by molar-refractivity contribution is 5.26. The Bertz CT molecular complexity index is 331. The van der Waals surface area contributed by atoms with Crippen molar-refractivity contribution in [3.05, 3.63) is 5.82 Å². The van der Waals surface area contributed by atoms with E-state index < -0.39 is 0 Å². The Morgan fingerprint density at radius 1 is 1.33 bits per heavy atom. The molecule has 1 aliphatic rings. The van der Waals surface area contributed by atoms with Crippen molar-refractivity contribution in [2.45, 2.75) is 46.5 Å². The number of anilines is 1. The lowest BCUT2D eigenvalue weighted by atomic mass is 9.98. The molecule has 0 radical (unpaired) electrons. The largest absolute Gasteiger partial charge is 0.396 e. The molecule has 1 fully saturated rings. The first-order chi connectivity index (χ1) is 8.70. The van der Waals surface area contributed by atoms with Crippen LogP contribution < -0.4 is 4.90 Å². The highest BCUT2D eigenvalue weighted by atomic mass is 16.5. The lowest BCUT2D eigenvalue weighted by Crippen LogP contribution is -2.34. The highest BCUT2D eigenvalue weighted by Crippen LogP contribution is 2.22. The zero-order valence-corrected chi connectivity index (χ0v) is 11.9. The molecule has 0 aliphatic carbocycles. The van der Waals surface area contributed by atoms with E-state index in [9.17, 15) is 0 Å². The van der Waals surface area contributed by atoms with Gasteiger partial charge in [-0.15, -0.1) is 0 Å². The molecule has 0 aromatic carbocycles. The first-order valence-electron chi connectivity index (χ1n) is 6.90. The van der Waals surface area contributed by atoms with Crippen LogP contribution in [-0.2, 0) is 0 Å². The molecule has 0 bridgehead atoms. The van der Waals surface area contributed by atoms with Crippen LogP contribution in [0.2, 0.25) is 0 Å². The Hall–Kier alpha value is -1.10. The van der Waals surface area contributed by atoms with Gasteiger partial charge in [-0.05, 0) is 18.8 Å². The standard InChI is InChI=1S/C11H19N3O2.C2H6/c1-8(2)10-12-11(16-13-10)14-5-3-9(7-15)4-6-14;1-2/h8-9,15H,3-7H2,1-2H3;1-2H3. The summed E-state index contributed by atoms with van der Waals surface area (Å²) in [6.45, 7) is 10.2. The molecule has 1 aromatic heterocycles. The van der Waals surface area contributed by atoms with Gasteiger partial charge in [-0.1, -0.05) is 32.9 Å². The average molecular weight is 255 g/mol. The van der Waals surface area contributed by atoms with Crippen molar-refractivity contribution in [3.8, 4) is 0 Å². The molecule has 5 nitrogen and oxygen atoms in total. The van der Waals surface area contributed by atoms with Crippen LogP contribution in [0.5, 0.6) is 0 Å². The molecule has 2 rings (SSSR count). The number of aliphatic hydroxyl groups is 1. The third-order valence-electron chi connectivity index (χ3n) is 3.09. The van der Waals surface area contributed by atoms with Gasteiger partial charge in [0.15, 0.2) is 5.82 Å². The maximum absolute atomic E-state index is 9.05. The van der Waals surface area contributed by atoms with Gasteiger partial charge in [-0.3, -0.25) is 0 Å². The summed E-state index contributed by atoms with van der Waals surface area (Å²) in [7, 11) is 0. The van der Waals surface area contributed by atoms with Crippen LogP contribution in [0.25, 0.3) is 0 Å². The molecule has 0 atom stereocenters. The molecule has 0 amide bonds. The zero-order valence-electron chi connectivity index (χ0n) is 11.9. The molecule has 2 heterocycles. The minimum absolute atomic E-state index is 0.287. The van der Waals surface area contributed by atoms with Gasteiger partial charge in [0.2, 0.25) is 0 Å². The number of aliphatic hydroxyl groups excluding tert-OH is 1. The smallest absolute Gasteiger partial charge is 0.324 e. The Kier molecular flexibility index (Phi) is 6.12. The molecule has 1 aliphatic heterocycles. The number of aromatic nitrogens is 2. The van der Waals surface area contributed by atoms with Crippen molar-refractivity contribution >= 4 is 6.01 Å². The first-order valence-corrected chi connectivity index (χ1v) is 6.90. The predicted molar refractivity (Wildman–Crippen MR) is 71.8 cm³/mol. The van der Waals surface area contributed by atoms with Crippen LogP contribution in [0, 0.1) is 5.92 Å². The predicted octanol–water partition coefficient (Wildman–Crippen LogP) is 2.43. The second-order valence-electron chi connectivity index (χ2n) is 4.70. The van der Waals surface area contributed by atoms with Gasteiger partial charge in [0.05, 0.1) is 0 Å². The van der Waals surface area contributed by atoms with Gasteiger partial charge in [0.1, 0.15) is 0 Å². The van der Waals surface area contributed by atoms with E-state index in [0.29, 0.717) is 17.9 Å². The second-order valence-corrected chi connectivity index (χ2v) is 4.70. The molecule has 1 N–H and O–H groups in total. The number of piperidine rings is 1. The molecular formula is C13H25N3O2. The van der Waals surface area contributed by atoms with E-state index in [2.05, 4.69) is 15.0 Å². The summed E-state index contributed by atoms with van der Waals surface area (Å²) >= 11 is 0. The lowest BCUT2D eigenvalue weighted by molar-refractivity contribution is 0.200. The van der Waals surface area contributed by atoms with E-state index in [-0.39, 0.29) is 6.61 Å². The summed E-state index contributed by atoms with van der Waals surface area (Å²) < 4.78 is 5.24. The number of hydrogen-bond donors (Lipinski definition) is 1. The maximum Gasteiger partial charge on any atom is 0.324 e. The van der Waals surface area contributed by atoms with Crippen molar-refractivity contribution in [3.63, 3.8) is 0 Å². The summed E-state index contributed by atoms with van der Waals surface area (Å²) in [5, 5.41) is 13.0. The van der Waals surface area contributed by atoms with Gasteiger partial charge in [-0.25, -0.2) is 0 Å². The molecule has 0 spiro atoms. The van der Waals surface area contributed by atoms with Crippen molar-refractivity contribution in [1.29, 1.82) is 0 Å².